The van der Waals surface area contributed by atoms with Crippen molar-refractivity contribution in [1.82, 2.24) is 5.32 Å². The topological polar surface area (TPSA) is 21.3 Å². The van der Waals surface area contributed by atoms with Crippen LogP contribution in [-0.4, -0.2) is 19.2 Å². The SMILES string of the molecule is CCCNCC(OC1CCC1)c1cccc(Cl)c1. The fourth-order valence-corrected chi connectivity index (χ4v) is 2.30. The van der Waals surface area contributed by atoms with Crippen molar-refractivity contribution < 1.29 is 4.74 Å². The maximum Gasteiger partial charge on any atom is 0.0953 e. The minimum Gasteiger partial charge on any atom is -0.369 e. The molecule has 0 radical (unpaired) electrons. The second-order valence-electron chi connectivity index (χ2n) is 4.94. The Hall–Kier alpha value is -0.570. The summed E-state index contributed by atoms with van der Waals surface area (Å²) in [5.74, 6) is 0. The molecule has 0 aliphatic heterocycles. The van der Waals surface area contributed by atoms with Gasteiger partial charge in [-0.2, -0.15) is 0 Å². The summed E-state index contributed by atoms with van der Waals surface area (Å²) in [6.45, 7) is 4.07. The van der Waals surface area contributed by atoms with Crippen molar-refractivity contribution >= 4 is 11.6 Å². The summed E-state index contributed by atoms with van der Waals surface area (Å²) in [5.41, 5.74) is 1.18. The van der Waals surface area contributed by atoms with Crippen LogP contribution < -0.4 is 5.32 Å². The van der Waals surface area contributed by atoms with Crippen molar-refractivity contribution in [3.8, 4) is 0 Å². The molecule has 0 aromatic heterocycles. The first-order chi connectivity index (χ1) is 8.79. The van der Waals surface area contributed by atoms with Crippen LogP contribution in [0.4, 0.5) is 0 Å². The molecular weight excluding hydrogens is 246 g/mol. The van der Waals surface area contributed by atoms with E-state index in [0.29, 0.717) is 6.10 Å². The Bertz CT molecular complexity index is 365. The largest absolute Gasteiger partial charge is 0.369 e. The average Bonchev–Trinajstić information content (AvgIpc) is 2.31. The number of ether oxygens (including phenoxy) is 1. The van der Waals surface area contributed by atoms with Crippen LogP contribution in [0.15, 0.2) is 24.3 Å². The lowest BCUT2D eigenvalue weighted by atomic mass is 9.95. The van der Waals surface area contributed by atoms with E-state index in [0.717, 1.165) is 24.5 Å². The third-order valence-electron chi connectivity index (χ3n) is 3.39. The quantitative estimate of drug-likeness (QED) is 0.756. The zero-order chi connectivity index (χ0) is 12.8. The standard InChI is InChI=1S/C15H22ClNO/c1-2-9-17-11-15(18-14-7-4-8-14)12-5-3-6-13(16)10-12/h3,5-6,10,14-15,17H,2,4,7-9,11H2,1H3. The van der Waals surface area contributed by atoms with E-state index in [1.807, 2.05) is 18.2 Å². The Kier molecular flexibility index (Phi) is 5.48. The van der Waals surface area contributed by atoms with E-state index in [1.54, 1.807) is 0 Å². The summed E-state index contributed by atoms with van der Waals surface area (Å²) in [6, 6.07) is 8.01. The van der Waals surface area contributed by atoms with E-state index in [-0.39, 0.29) is 6.10 Å². The number of nitrogens with one attached hydrogen (secondary N) is 1. The van der Waals surface area contributed by atoms with E-state index < -0.39 is 0 Å². The number of hydrogen-bond donors (Lipinski definition) is 1. The molecule has 18 heavy (non-hydrogen) atoms. The smallest absolute Gasteiger partial charge is 0.0953 e. The monoisotopic (exact) mass is 267 g/mol. The highest BCUT2D eigenvalue weighted by molar-refractivity contribution is 6.30. The number of rotatable bonds is 7. The molecule has 0 spiro atoms. The van der Waals surface area contributed by atoms with Gasteiger partial charge in [-0.15, -0.1) is 0 Å². The molecule has 0 amide bonds. The van der Waals surface area contributed by atoms with Crippen LogP contribution in [0, 0.1) is 0 Å². The lowest BCUT2D eigenvalue weighted by Crippen LogP contribution is -2.30. The third-order valence-corrected chi connectivity index (χ3v) is 3.62. The van der Waals surface area contributed by atoms with Crippen molar-refractivity contribution in [1.29, 1.82) is 0 Å². The first-order valence-corrected chi connectivity index (χ1v) is 7.29. The van der Waals surface area contributed by atoms with E-state index in [9.17, 15) is 0 Å². The molecule has 1 aliphatic carbocycles. The van der Waals surface area contributed by atoms with Gasteiger partial charge in [0.1, 0.15) is 0 Å². The summed E-state index contributed by atoms with van der Waals surface area (Å²) >= 11 is 6.06. The van der Waals surface area contributed by atoms with Crippen molar-refractivity contribution in [2.75, 3.05) is 13.1 Å². The summed E-state index contributed by atoms with van der Waals surface area (Å²) in [6.07, 6.45) is 5.41. The second kappa shape index (κ2) is 7.13. The van der Waals surface area contributed by atoms with Gasteiger partial charge in [-0.25, -0.2) is 0 Å². The zero-order valence-corrected chi connectivity index (χ0v) is 11.7. The molecule has 100 valence electrons. The summed E-state index contributed by atoms with van der Waals surface area (Å²) in [5, 5.41) is 4.22. The number of hydrogen-bond acceptors (Lipinski definition) is 2. The third kappa shape index (κ3) is 3.98. The molecule has 1 aromatic carbocycles. The van der Waals surface area contributed by atoms with E-state index in [4.69, 9.17) is 16.3 Å². The van der Waals surface area contributed by atoms with E-state index in [2.05, 4.69) is 18.3 Å². The fourth-order valence-electron chi connectivity index (χ4n) is 2.10. The number of benzene rings is 1. The van der Waals surface area contributed by atoms with Gasteiger partial charge < -0.3 is 10.1 Å². The maximum atomic E-state index is 6.15. The highest BCUT2D eigenvalue weighted by atomic mass is 35.5. The van der Waals surface area contributed by atoms with Crippen LogP contribution in [0.3, 0.4) is 0 Å². The van der Waals surface area contributed by atoms with Crippen LogP contribution in [0.2, 0.25) is 5.02 Å². The summed E-state index contributed by atoms with van der Waals surface area (Å²) in [4.78, 5) is 0. The molecule has 1 saturated carbocycles. The lowest BCUT2D eigenvalue weighted by molar-refractivity contribution is -0.0518. The first kappa shape index (κ1) is 13.9. The molecule has 1 fully saturated rings. The van der Waals surface area contributed by atoms with Gasteiger partial charge in [-0.05, 0) is 49.9 Å². The first-order valence-electron chi connectivity index (χ1n) is 6.91. The number of halogens is 1. The molecule has 0 heterocycles. The Morgan fingerprint density at radius 2 is 2.28 bits per heavy atom. The Labute approximate surface area is 115 Å². The van der Waals surface area contributed by atoms with Gasteiger partial charge in [0.05, 0.1) is 12.2 Å². The Balaban J connectivity index is 1.97. The van der Waals surface area contributed by atoms with E-state index >= 15 is 0 Å². The average molecular weight is 268 g/mol. The minimum atomic E-state index is 0.126. The normalized spacial score (nSPS) is 17.4. The Morgan fingerprint density at radius 1 is 1.44 bits per heavy atom. The van der Waals surface area contributed by atoms with Gasteiger partial charge in [-0.1, -0.05) is 30.7 Å². The van der Waals surface area contributed by atoms with Gasteiger partial charge in [-0.3, -0.25) is 0 Å². The van der Waals surface area contributed by atoms with E-state index in [1.165, 1.54) is 24.8 Å². The molecule has 2 nitrogen and oxygen atoms in total. The molecule has 0 bridgehead atoms. The molecule has 1 atom stereocenters. The van der Waals surface area contributed by atoms with Crippen LogP contribution in [0.1, 0.15) is 44.3 Å². The van der Waals surface area contributed by atoms with Gasteiger partial charge in [0.25, 0.3) is 0 Å². The molecule has 1 aliphatic rings. The summed E-state index contributed by atoms with van der Waals surface area (Å²) < 4.78 is 6.15. The van der Waals surface area contributed by atoms with Gasteiger partial charge >= 0.3 is 0 Å². The van der Waals surface area contributed by atoms with Crippen LogP contribution in [0.25, 0.3) is 0 Å². The van der Waals surface area contributed by atoms with Crippen molar-refractivity contribution in [3.05, 3.63) is 34.9 Å². The van der Waals surface area contributed by atoms with Gasteiger partial charge in [0, 0.05) is 11.6 Å². The van der Waals surface area contributed by atoms with Gasteiger partial charge in [0.2, 0.25) is 0 Å². The van der Waals surface area contributed by atoms with Crippen molar-refractivity contribution in [3.63, 3.8) is 0 Å². The van der Waals surface area contributed by atoms with Crippen LogP contribution in [-0.2, 0) is 4.74 Å². The molecular formula is C15H22ClNO. The highest BCUT2D eigenvalue weighted by Gasteiger charge is 2.23. The lowest BCUT2D eigenvalue weighted by Gasteiger charge is -2.31. The zero-order valence-electron chi connectivity index (χ0n) is 11.0. The highest BCUT2D eigenvalue weighted by Crippen LogP contribution is 2.29. The maximum absolute atomic E-state index is 6.15. The Morgan fingerprint density at radius 3 is 2.89 bits per heavy atom. The van der Waals surface area contributed by atoms with Crippen molar-refractivity contribution in [2.24, 2.45) is 0 Å². The molecule has 1 unspecified atom stereocenters. The summed E-state index contributed by atoms with van der Waals surface area (Å²) in [7, 11) is 0. The predicted molar refractivity (Wildman–Crippen MR) is 76.1 cm³/mol. The molecule has 3 heteroatoms. The van der Waals surface area contributed by atoms with Crippen molar-refractivity contribution in [2.45, 2.75) is 44.8 Å². The molecule has 1 aromatic rings. The predicted octanol–water partition coefficient (Wildman–Crippen LogP) is 3.95. The fraction of sp³-hybridized carbons (Fsp3) is 0.600. The molecule has 2 rings (SSSR count). The molecule has 1 N–H and O–H groups in total. The van der Waals surface area contributed by atoms with Crippen LogP contribution in [0.5, 0.6) is 0 Å². The minimum absolute atomic E-state index is 0.126. The van der Waals surface area contributed by atoms with Gasteiger partial charge in [0.15, 0.2) is 0 Å². The van der Waals surface area contributed by atoms with Crippen LogP contribution >= 0.6 is 11.6 Å². The second-order valence-corrected chi connectivity index (χ2v) is 5.37. The molecule has 0 saturated heterocycles.